The van der Waals surface area contributed by atoms with E-state index >= 15 is 0 Å². The minimum Gasteiger partial charge on any atom is -0.496 e. The fraction of sp³-hybridized carbons (Fsp3) is 0.364. The van der Waals surface area contributed by atoms with Crippen LogP contribution in [0.1, 0.15) is 30.9 Å². The van der Waals surface area contributed by atoms with Gasteiger partial charge in [0, 0.05) is 5.56 Å². The second kappa shape index (κ2) is 4.28. The Hall–Kier alpha value is -1.02. The average Bonchev–Trinajstić information content (AvgIpc) is 2.16. The summed E-state index contributed by atoms with van der Waals surface area (Å²) in [6.07, 6.45) is 0. The summed E-state index contributed by atoms with van der Waals surface area (Å²) in [6.45, 7) is 5.27. The summed E-state index contributed by atoms with van der Waals surface area (Å²) < 4.78 is 5.24. The molecule has 0 saturated carbocycles. The van der Waals surface area contributed by atoms with E-state index in [1.54, 1.807) is 7.11 Å². The molecule has 0 aliphatic carbocycles. The molecule has 1 aromatic carbocycles. The topological polar surface area (TPSA) is 29.5 Å². The molecule has 1 rings (SSSR count). The van der Waals surface area contributed by atoms with Crippen LogP contribution in [-0.2, 0) is 0 Å². The van der Waals surface area contributed by atoms with Crippen molar-refractivity contribution in [1.29, 1.82) is 0 Å². The molecule has 0 bridgehead atoms. The number of hydrogen-bond acceptors (Lipinski definition) is 2. The first-order chi connectivity index (χ1) is 6.20. The van der Waals surface area contributed by atoms with Crippen molar-refractivity contribution in [1.82, 2.24) is 0 Å². The average molecular weight is 179 g/mol. The minimum absolute atomic E-state index is 0.398. The molecule has 0 spiro atoms. The lowest BCUT2D eigenvalue weighted by molar-refractivity contribution is 0.379. The van der Waals surface area contributed by atoms with Gasteiger partial charge in [0.1, 0.15) is 12.4 Å². The molecule has 0 aliphatic rings. The number of ether oxygens (including phenoxy) is 1. The Kier molecular flexibility index (Phi) is 3.32. The van der Waals surface area contributed by atoms with Crippen LogP contribution in [0.4, 0.5) is 0 Å². The van der Waals surface area contributed by atoms with Crippen molar-refractivity contribution in [3.05, 3.63) is 35.9 Å². The number of aliphatic hydroxyl groups is 1. The first kappa shape index (κ1) is 10.1. The normalized spacial score (nSPS) is 10.5. The van der Waals surface area contributed by atoms with Crippen LogP contribution in [0.3, 0.4) is 0 Å². The van der Waals surface area contributed by atoms with Gasteiger partial charge in [-0.2, -0.15) is 0 Å². The summed E-state index contributed by atoms with van der Waals surface area (Å²) >= 11 is 0. The molecule has 1 N–H and O–H groups in total. The zero-order chi connectivity index (χ0) is 9.84. The standard InChI is InChI=1S/C11H15O2/c1-8(2)10-6-4-5-9(7-12)11(10)13-3/h4-8,12H,1-3H3. The van der Waals surface area contributed by atoms with Crippen molar-refractivity contribution >= 4 is 0 Å². The van der Waals surface area contributed by atoms with Crippen molar-refractivity contribution < 1.29 is 9.84 Å². The highest BCUT2D eigenvalue weighted by molar-refractivity contribution is 5.45. The Labute approximate surface area is 79.2 Å². The second-order valence-electron chi connectivity index (χ2n) is 3.25. The van der Waals surface area contributed by atoms with E-state index in [0.29, 0.717) is 5.92 Å². The van der Waals surface area contributed by atoms with Crippen molar-refractivity contribution in [2.24, 2.45) is 0 Å². The second-order valence-corrected chi connectivity index (χ2v) is 3.25. The van der Waals surface area contributed by atoms with Gasteiger partial charge in [0.15, 0.2) is 0 Å². The van der Waals surface area contributed by atoms with Gasteiger partial charge < -0.3 is 9.84 Å². The molecule has 0 fully saturated rings. The summed E-state index contributed by atoms with van der Waals surface area (Å²) in [7, 11) is 1.62. The number of hydrogen-bond donors (Lipinski definition) is 1. The third kappa shape index (κ3) is 2.01. The molecule has 0 atom stereocenters. The van der Waals surface area contributed by atoms with E-state index < -0.39 is 0 Å². The van der Waals surface area contributed by atoms with Crippen LogP contribution in [0, 0.1) is 6.61 Å². The lowest BCUT2D eigenvalue weighted by atomic mass is 9.99. The van der Waals surface area contributed by atoms with Gasteiger partial charge >= 0.3 is 0 Å². The van der Waals surface area contributed by atoms with Gasteiger partial charge in [-0.05, 0) is 11.5 Å². The Morgan fingerprint density at radius 2 is 2.08 bits per heavy atom. The van der Waals surface area contributed by atoms with E-state index in [2.05, 4.69) is 13.8 Å². The fourth-order valence-corrected chi connectivity index (χ4v) is 1.37. The highest BCUT2D eigenvalue weighted by Gasteiger charge is 2.10. The molecular weight excluding hydrogens is 164 g/mol. The quantitative estimate of drug-likeness (QED) is 0.773. The number of benzene rings is 1. The lowest BCUT2D eigenvalue weighted by Crippen LogP contribution is -1.97. The molecule has 0 aromatic heterocycles. The van der Waals surface area contributed by atoms with Crippen LogP contribution in [0.2, 0.25) is 0 Å². The van der Waals surface area contributed by atoms with E-state index in [4.69, 9.17) is 9.84 Å². The molecule has 0 heterocycles. The molecule has 0 amide bonds. The molecule has 13 heavy (non-hydrogen) atoms. The lowest BCUT2D eigenvalue weighted by Gasteiger charge is -2.14. The van der Waals surface area contributed by atoms with E-state index in [1.165, 1.54) is 0 Å². The molecule has 0 saturated heterocycles. The largest absolute Gasteiger partial charge is 0.496 e. The summed E-state index contributed by atoms with van der Waals surface area (Å²) in [4.78, 5) is 0. The van der Waals surface area contributed by atoms with Crippen molar-refractivity contribution in [2.45, 2.75) is 19.8 Å². The molecule has 2 heteroatoms. The zero-order valence-corrected chi connectivity index (χ0v) is 8.24. The van der Waals surface area contributed by atoms with Crippen LogP contribution in [0.15, 0.2) is 18.2 Å². The maximum atomic E-state index is 8.95. The van der Waals surface area contributed by atoms with Crippen LogP contribution in [0.25, 0.3) is 0 Å². The molecule has 0 unspecified atom stereocenters. The van der Waals surface area contributed by atoms with Gasteiger partial charge in [0.25, 0.3) is 0 Å². The van der Waals surface area contributed by atoms with Gasteiger partial charge in [-0.3, -0.25) is 0 Å². The highest BCUT2D eigenvalue weighted by Crippen LogP contribution is 2.30. The maximum absolute atomic E-state index is 8.95. The van der Waals surface area contributed by atoms with Crippen LogP contribution in [0.5, 0.6) is 5.75 Å². The van der Waals surface area contributed by atoms with Crippen molar-refractivity contribution in [3.8, 4) is 5.75 Å². The monoisotopic (exact) mass is 179 g/mol. The molecule has 1 radical (unpaired) electrons. The Morgan fingerprint density at radius 3 is 2.54 bits per heavy atom. The van der Waals surface area contributed by atoms with Crippen molar-refractivity contribution in [2.75, 3.05) is 7.11 Å². The maximum Gasteiger partial charge on any atom is 0.128 e. The van der Waals surface area contributed by atoms with E-state index in [9.17, 15) is 0 Å². The Morgan fingerprint density at radius 1 is 1.38 bits per heavy atom. The van der Waals surface area contributed by atoms with Gasteiger partial charge in [0.2, 0.25) is 0 Å². The third-order valence-corrected chi connectivity index (χ3v) is 2.04. The number of aliphatic hydroxyl groups excluding tert-OH is 1. The minimum atomic E-state index is 0.398. The number of methoxy groups -OCH3 is 1. The molecule has 1 aromatic rings. The van der Waals surface area contributed by atoms with Crippen molar-refractivity contribution in [3.63, 3.8) is 0 Å². The highest BCUT2D eigenvalue weighted by atomic mass is 16.5. The SMILES string of the molecule is COc1c([CH]O)cccc1C(C)C. The first-order valence-corrected chi connectivity index (χ1v) is 4.35. The predicted octanol–water partition coefficient (Wildman–Crippen LogP) is 2.70. The Balaban J connectivity index is 3.19. The number of rotatable bonds is 3. The number of para-hydroxylation sites is 1. The first-order valence-electron chi connectivity index (χ1n) is 4.35. The van der Waals surface area contributed by atoms with Gasteiger partial charge in [0.05, 0.1) is 7.11 Å². The molecule has 71 valence electrons. The summed E-state index contributed by atoms with van der Waals surface area (Å²) in [5, 5.41) is 8.95. The van der Waals surface area contributed by atoms with E-state index in [0.717, 1.165) is 23.5 Å². The van der Waals surface area contributed by atoms with Gasteiger partial charge in [-0.1, -0.05) is 32.0 Å². The van der Waals surface area contributed by atoms with Gasteiger partial charge in [-0.25, -0.2) is 0 Å². The molecule has 0 aliphatic heterocycles. The predicted molar refractivity (Wildman–Crippen MR) is 52.4 cm³/mol. The fourth-order valence-electron chi connectivity index (χ4n) is 1.37. The van der Waals surface area contributed by atoms with Crippen LogP contribution >= 0.6 is 0 Å². The van der Waals surface area contributed by atoms with Gasteiger partial charge in [-0.15, -0.1) is 0 Å². The summed E-state index contributed by atoms with van der Waals surface area (Å²) in [5.41, 5.74) is 1.85. The zero-order valence-electron chi connectivity index (χ0n) is 8.24. The van der Waals surface area contributed by atoms with E-state index in [-0.39, 0.29) is 0 Å². The summed E-state index contributed by atoms with van der Waals surface area (Å²) in [5.74, 6) is 1.16. The molecular formula is C11H15O2. The Bertz CT molecular complexity index is 279. The van der Waals surface area contributed by atoms with Crippen LogP contribution < -0.4 is 4.74 Å². The summed E-state index contributed by atoms with van der Waals surface area (Å²) in [6, 6.07) is 5.75. The molecule has 2 nitrogen and oxygen atoms in total. The van der Waals surface area contributed by atoms with Crippen LogP contribution in [-0.4, -0.2) is 12.2 Å². The smallest absolute Gasteiger partial charge is 0.128 e. The van der Waals surface area contributed by atoms with E-state index in [1.807, 2.05) is 18.2 Å². The third-order valence-electron chi connectivity index (χ3n) is 2.04.